The van der Waals surface area contributed by atoms with Crippen LogP contribution in [0.25, 0.3) is 0 Å². The van der Waals surface area contributed by atoms with Crippen LogP contribution in [0.5, 0.6) is 0 Å². The van der Waals surface area contributed by atoms with Gasteiger partial charge in [0, 0.05) is 44.1 Å². The van der Waals surface area contributed by atoms with E-state index in [-0.39, 0.29) is 29.7 Å². The van der Waals surface area contributed by atoms with Gasteiger partial charge in [-0.3, -0.25) is 9.59 Å². The predicted molar refractivity (Wildman–Crippen MR) is 125 cm³/mol. The second kappa shape index (κ2) is 10.7. The van der Waals surface area contributed by atoms with E-state index in [0.717, 1.165) is 23.6 Å². The van der Waals surface area contributed by atoms with Crippen LogP contribution in [-0.4, -0.2) is 57.8 Å². The maximum Gasteiger partial charge on any atom is 0.226 e. The summed E-state index contributed by atoms with van der Waals surface area (Å²) in [6.07, 6.45) is 2.43. The largest absolute Gasteiger partial charge is 0.381 e. The van der Waals surface area contributed by atoms with Gasteiger partial charge in [0.1, 0.15) is 5.82 Å². The lowest BCUT2D eigenvalue weighted by molar-refractivity contribution is -0.131. The minimum Gasteiger partial charge on any atom is -0.381 e. The number of nitrogens with one attached hydrogen (secondary N) is 1. The van der Waals surface area contributed by atoms with Crippen LogP contribution < -0.4 is 5.32 Å². The number of halogens is 1. The zero-order chi connectivity index (χ0) is 23.4. The Bertz CT molecular complexity index is 986. The molecule has 2 aliphatic rings. The third-order valence-corrected chi connectivity index (χ3v) is 6.89. The highest BCUT2D eigenvalue weighted by Gasteiger charge is 2.31. The molecular formula is C24H32ClN5O3. The molecule has 0 saturated carbocycles. The molecule has 0 radical (unpaired) electrons. The number of nitrogens with zero attached hydrogens (tertiary/aromatic N) is 4. The van der Waals surface area contributed by atoms with Gasteiger partial charge in [0.05, 0.1) is 18.6 Å². The standard InChI is InChI=1S/C24H32ClN5O3/c1-16(2)22(26-24(32)18-10-14-33-15-18)23-28-27-20-9-11-29(12-13-30(20)23)21(31)8-7-17-5-3-4-6-19(17)25/h3-6,16,18,22H,7-15H2,1-2H3,(H,26,32)/t18-,22-/m0/s1. The van der Waals surface area contributed by atoms with Crippen molar-refractivity contribution < 1.29 is 14.3 Å². The Hall–Kier alpha value is -2.45. The number of aryl methyl sites for hydroxylation is 1. The average Bonchev–Trinajstić information content (AvgIpc) is 3.43. The number of hydrogen-bond acceptors (Lipinski definition) is 5. The molecule has 8 nitrogen and oxygen atoms in total. The van der Waals surface area contributed by atoms with Gasteiger partial charge in [-0.25, -0.2) is 0 Å². The lowest BCUT2D eigenvalue weighted by atomic mass is 10.0. The molecule has 33 heavy (non-hydrogen) atoms. The molecule has 178 valence electrons. The summed E-state index contributed by atoms with van der Waals surface area (Å²) in [7, 11) is 0. The summed E-state index contributed by atoms with van der Waals surface area (Å²) in [6.45, 7) is 7.05. The van der Waals surface area contributed by atoms with E-state index in [1.165, 1.54) is 0 Å². The molecule has 3 heterocycles. The number of hydrogen-bond donors (Lipinski definition) is 1. The van der Waals surface area contributed by atoms with Crippen LogP contribution in [0.1, 0.15) is 49.9 Å². The summed E-state index contributed by atoms with van der Waals surface area (Å²) in [6, 6.07) is 7.41. The van der Waals surface area contributed by atoms with Gasteiger partial charge in [0.25, 0.3) is 0 Å². The molecule has 0 aliphatic carbocycles. The predicted octanol–water partition coefficient (Wildman–Crippen LogP) is 2.80. The fraction of sp³-hybridized carbons (Fsp3) is 0.583. The molecule has 9 heteroatoms. The quantitative estimate of drug-likeness (QED) is 0.667. The Morgan fingerprint density at radius 1 is 1.21 bits per heavy atom. The molecule has 0 spiro atoms. The first kappa shape index (κ1) is 23.7. The van der Waals surface area contributed by atoms with E-state index in [9.17, 15) is 9.59 Å². The average molecular weight is 474 g/mol. The van der Waals surface area contributed by atoms with Crippen LogP contribution in [-0.2, 0) is 33.7 Å². The summed E-state index contributed by atoms with van der Waals surface area (Å²) in [5, 5.41) is 12.7. The molecule has 2 atom stereocenters. The van der Waals surface area contributed by atoms with Crippen molar-refractivity contribution in [3.8, 4) is 0 Å². The molecule has 1 saturated heterocycles. The van der Waals surface area contributed by atoms with E-state index in [1.807, 2.05) is 29.2 Å². The fourth-order valence-corrected chi connectivity index (χ4v) is 4.70. The Labute approximate surface area is 199 Å². The molecule has 1 fully saturated rings. The molecule has 2 aromatic rings. The Morgan fingerprint density at radius 2 is 2.03 bits per heavy atom. The molecule has 0 unspecified atom stereocenters. The van der Waals surface area contributed by atoms with Crippen LogP contribution in [0.3, 0.4) is 0 Å². The maximum atomic E-state index is 12.9. The third-order valence-electron chi connectivity index (χ3n) is 6.52. The number of rotatable bonds is 7. The first-order valence-electron chi connectivity index (χ1n) is 11.7. The monoisotopic (exact) mass is 473 g/mol. The molecule has 2 aliphatic heterocycles. The van der Waals surface area contributed by atoms with Crippen LogP contribution in [0.4, 0.5) is 0 Å². The van der Waals surface area contributed by atoms with Crippen molar-refractivity contribution in [3.05, 3.63) is 46.5 Å². The van der Waals surface area contributed by atoms with Crippen molar-refractivity contribution in [1.82, 2.24) is 25.0 Å². The van der Waals surface area contributed by atoms with Crippen molar-refractivity contribution >= 4 is 23.4 Å². The number of fused-ring (bicyclic) bond motifs is 1. The van der Waals surface area contributed by atoms with Crippen LogP contribution in [0.15, 0.2) is 24.3 Å². The number of carbonyl (C=O) groups excluding carboxylic acids is 2. The molecule has 1 aromatic heterocycles. The molecule has 4 rings (SSSR count). The normalized spacial score (nSPS) is 19.3. The zero-order valence-corrected chi connectivity index (χ0v) is 20.1. The van der Waals surface area contributed by atoms with Crippen molar-refractivity contribution in [2.24, 2.45) is 11.8 Å². The van der Waals surface area contributed by atoms with Gasteiger partial charge < -0.3 is 19.5 Å². The van der Waals surface area contributed by atoms with Gasteiger partial charge >= 0.3 is 0 Å². The van der Waals surface area contributed by atoms with E-state index < -0.39 is 0 Å². The van der Waals surface area contributed by atoms with Crippen molar-refractivity contribution in [2.45, 2.75) is 52.1 Å². The van der Waals surface area contributed by atoms with Gasteiger partial charge in [0.15, 0.2) is 5.82 Å². The van der Waals surface area contributed by atoms with Crippen LogP contribution in [0.2, 0.25) is 5.02 Å². The lowest BCUT2D eigenvalue weighted by Gasteiger charge is -2.24. The lowest BCUT2D eigenvalue weighted by Crippen LogP contribution is -2.38. The fourth-order valence-electron chi connectivity index (χ4n) is 4.47. The minimum atomic E-state index is -0.234. The zero-order valence-electron chi connectivity index (χ0n) is 19.3. The molecule has 1 aromatic carbocycles. The number of benzene rings is 1. The van der Waals surface area contributed by atoms with E-state index in [4.69, 9.17) is 16.3 Å². The minimum absolute atomic E-state index is 0.00792. The first-order chi connectivity index (χ1) is 15.9. The maximum absolute atomic E-state index is 12.9. The summed E-state index contributed by atoms with van der Waals surface area (Å²) in [4.78, 5) is 27.5. The van der Waals surface area contributed by atoms with E-state index in [2.05, 4.69) is 33.9 Å². The van der Waals surface area contributed by atoms with E-state index in [0.29, 0.717) is 57.1 Å². The smallest absolute Gasteiger partial charge is 0.226 e. The number of aromatic nitrogens is 3. The number of amides is 2. The third kappa shape index (κ3) is 5.55. The Balaban J connectivity index is 1.40. The Morgan fingerprint density at radius 3 is 2.76 bits per heavy atom. The number of carbonyl (C=O) groups is 2. The molecule has 0 bridgehead atoms. The topological polar surface area (TPSA) is 89.3 Å². The summed E-state index contributed by atoms with van der Waals surface area (Å²) < 4.78 is 7.45. The molecule has 2 amide bonds. The second-order valence-electron chi connectivity index (χ2n) is 9.14. The highest BCUT2D eigenvalue weighted by Crippen LogP contribution is 2.24. The van der Waals surface area contributed by atoms with Crippen molar-refractivity contribution in [2.75, 3.05) is 26.3 Å². The first-order valence-corrected chi connectivity index (χ1v) is 12.1. The van der Waals surface area contributed by atoms with E-state index >= 15 is 0 Å². The van der Waals surface area contributed by atoms with Crippen LogP contribution >= 0.6 is 11.6 Å². The Kier molecular flexibility index (Phi) is 7.65. The van der Waals surface area contributed by atoms with Gasteiger partial charge in [-0.1, -0.05) is 43.6 Å². The van der Waals surface area contributed by atoms with Crippen LogP contribution in [0, 0.1) is 11.8 Å². The van der Waals surface area contributed by atoms with Gasteiger partial charge in [0.2, 0.25) is 11.8 Å². The van der Waals surface area contributed by atoms with Gasteiger partial charge in [-0.2, -0.15) is 0 Å². The van der Waals surface area contributed by atoms with Gasteiger partial charge in [-0.05, 0) is 30.4 Å². The van der Waals surface area contributed by atoms with E-state index in [1.54, 1.807) is 0 Å². The summed E-state index contributed by atoms with van der Waals surface area (Å²) in [5.74, 6) is 1.79. The molecule has 1 N–H and O–H groups in total. The summed E-state index contributed by atoms with van der Waals surface area (Å²) >= 11 is 6.24. The number of ether oxygens (including phenoxy) is 1. The highest BCUT2D eigenvalue weighted by atomic mass is 35.5. The highest BCUT2D eigenvalue weighted by molar-refractivity contribution is 6.31. The van der Waals surface area contributed by atoms with Crippen molar-refractivity contribution in [1.29, 1.82) is 0 Å². The van der Waals surface area contributed by atoms with Gasteiger partial charge in [-0.15, -0.1) is 10.2 Å². The SMILES string of the molecule is CC(C)[C@H](NC(=O)[C@H]1CCOC1)c1nnc2n1CCN(C(=O)CCc1ccccc1Cl)CC2. The van der Waals surface area contributed by atoms with Crippen molar-refractivity contribution in [3.63, 3.8) is 0 Å². The summed E-state index contributed by atoms with van der Waals surface area (Å²) in [5.41, 5.74) is 0.991. The molecular weight excluding hydrogens is 442 g/mol. The second-order valence-corrected chi connectivity index (χ2v) is 9.55.